The highest BCUT2D eigenvalue weighted by Crippen LogP contribution is 2.29. The summed E-state index contributed by atoms with van der Waals surface area (Å²) in [6, 6.07) is 28.4. The van der Waals surface area contributed by atoms with Gasteiger partial charge in [-0.25, -0.2) is 4.98 Å². The van der Waals surface area contributed by atoms with Gasteiger partial charge in [-0.15, -0.1) is 10.2 Å². The van der Waals surface area contributed by atoms with E-state index >= 15 is 0 Å². The number of hydrogen-bond donors (Lipinski definition) is 1. The monoisotopic (exact) mass is 366 g/mol. The maximum atomic E-state index is 4.79. The van der Waals surface area contributed by atoms with Gasteiger partial charge in [-0.05, 0) is 23.6 Å². The number of anilines is 2. The van der Waals surface area contributed by atoms with E-state index < -0.39 is 0 Å². The van der Waals surface area contributed by atoms with E-state index in [2.05, 4.69) is 41.5 Å². The zero-order valence-corrected chi connectivity index (χ0v) is 16.0. The van der Waals surface area contributed by atoms with Crippen LogP contribution in [0.3, 0.4) is 0 Å². The van der Waals surface area contributed by atoms with Gasteiger partial charge in [-0.1, -0.05) is 86.6 Å². The zero-order chi connectivity index (χ0) is 19.3. The van der Waals surface area contributed by atoms with Crippen molar-refractivity contribution in [2.75, 3.05) is 5.32 Å². The van der Waals surface area contributed by atoms with E-state index in [9.17, 15) is 0 Å². The third-order valence-electron chi connectivity index (χ3n) is 4.61. The van der Waals surface area contributed by atoms with Crippen LogP contribution in [0.25, 0.3) is 22.5 Å². The van der Waals surface area contributed by atoms with Crippen LogP contribution in [0, 0.1) is 0 Å². The molecule has 0 saturated carbocycles. The summed E-state index contributed by atoms with van der Waals surface area (Å²) in [6.07, 6.45) is 0. The van der Waals surface area contributed by atoms with Crippen LogP contribution in [0.2, 0.25) is 0 Å². The van der Waals surface area contributed by atoms with E-state index in [4.69, 9.17) is 4.98 Å². The average Bonchev–Trinajstić information content (AvgIpc) is 2.75. The van der Waals surface area contributed by atoms with Crippen LogP contribution in [0.15, 0.2) is 84.9 Å². The predicted octanol–water partition coefficient (Wildman–Crippen LogP) is 6.07. The Morgan fingerprint density at radius 3 is 1.79 bits per heavy atom. The molecule has 1 N–H and O–H groups in total. The lowest BCUT2D eigenvalue weighted by atomic mass is 10.0. The number of rotatable bonds is 5. The summed E-state index contributed by atoms with van der Waals surface area (Å²) in [5.74, 6) is 0.984. The van der Waals surface area contributed by atoms with Gasteiger partial charge >= 0.3 is 0 Å². The van der Waals surface area contributed by atoms with Crippen LogP contribution in [-0.4, -0.2) is 15.2 Å². The Morgan fingerprint density at radius 2 is 1.21 bits per heavy atom. The topological polar surface area (TPSA) is 50.7 Å². The molecule has 4 aromatic rings. The molecule has 0 bridgehead atoms. The normalized spacial score (nSPS) is 10.8. The van der Waals surface area contributed by atoms with E-state index in [1.807, 2.05) is 72.8 Å². The fourth-order valence-electron chi connectivity index (χ4n) is 3.05. The number of hydrogen-bond acceptors (Lipinski definition) is 4. The van der Waals surface area contributed by atoms with E-state index in [0.29, 0.717) is 11.9 Å². The van der Waals surface area contributed by atoms with Gasteiger partial charge in [-0.2, -0.15) is 0 Å². The lowest BCUT2D eigenvalue weighted by molar-refractivity contribution is 0.867. The maximum absolute atomic E-state index is 4.79. The third-order valence-corrected chi connectivity index (χ3v) is 4.61. The number of nitrogens with one attached hydrogen (secondary N) is 1. The van der Waals surface area contributed by atoms with Crippen molar-refractivity contribution in [3.05, 3.63) is 90.5 Å². The molecular formula is C24H22N4. The molecule has 4 heteroatoms. The second kappa shape index (κ2) is 8.01. The minimum absolute atomic E-state index is 0.482. The molecular weight excluding hydrogens is 344 g/mol. The molecule has 0 aliphatic heterocycles. The van der Waals surface area contributed by atoms with Crippen molar-refractivity contribution in [1.82, 2.24) is 15.2 Å². The van der Waals surface area contributed by atoms with Crippen LogP contribution in [0.4, 0.5) is 11.6 Å². The average molecular weight is 366 g/mol. The molecule has 0 atom stereocenters. The van der Waals surface area contributed by atoms with Gasteiger partial charge in [0.2, 0.25) is 5.95 Å². The first-order chi connectivity index (χ1) is 13.7. The molecule has 4 rings (SSSR count). The highest BCUT2D eigenvalue weighted by Gasteiger charge is 2.13. The highest BCUT2D eigenvalue weighted by molar-refractivity contribution is 5.78. The van der Waals surface area contributed by atoms with Gasteiger partial charge in [-0.3, -0.25) is 0 Å². The third kappa shape index (κ3) is 3.91. The standard InChI is InChI=1S/C24H22N4/c1-17(2)18-13-15-21(16-14-18)25-24-26-22(19-9-5-3-6-10-19)23(27-28-24)20-11-7-4-8-12-20/h3-17H,1-2H3,(H,25,26,28). The van der Waals surface area contributed by atoms with Crippen LogP contribution in [0.1, 0.15) is 25.3 Å². The van der Waals surface area contributed by atoms with Gasteiger partial charge in [0.05, 0.1) is 0 Å². The fraction of sp³-hybridized carbons (Fsp3) is 0.125. The fourth-order valence-corrected chi connectivity index (χ4v) is 3.05. The highest BCUT2D eigenvalue weighted by atomic mass is 15.2. The summed E-state index contributed by atoms with van der Waals surface area (Å²) in [6.45, 7) is 4.37. The lowest BCUT2D eigenvalue weighted by Crippen LogP contribution is -2.03. The molecule has 138 valence electrons. The van der Waals surface area contributed by atoms with Crippen LogP contribution in [0.5, 0.6) is 0 Å². The molecule has 0 aliphatic carbocycles. The second-order valence-corrected chi connectivity index (χ2v) is 6.97. The molecule has 1 heterocycles. The lowest BCUT2D eigenvalue weighted by Gasteiger charge is -2.11. The molecule has 0 saturated heterocycles. The summed E-state index contributed by atoms with van der Waals surface area (Å²) < 4.78 is 0. The molecule has 3 aromatic carbocycles. The van der Waals surface area contributed by atoms with Crippen LogP contribution >= 0.6 is 0 Å². The van der Waals surface area contributed by atoms with E-state index in [1.54, 1.807) is 0 Å². The van der Waals surface area contributed by atoms with Crippen molar-refractivity contribution >= 4 is 11.6 Å². The van der Waals surface area contributed by atoms with Crippen molar-refractivity contribution in [3.8, 4) is 22.5 Å². The maximum Gasteiger partial charge on any atom is 0.247 e. The van der Waals surface area contributed by atoms with Gasteiger partial charge in [0.1, 0.15) is 11.4 Å². The van der Waals surface area contributed by atoms with E-state index in [1.165, 1.54) is 5.56 Å². The minimum Gasteiger partial charge on any atom is -0.323 e. The number of benzene rings is 3. The molecule has 4 nitrogen and oxygen atoms in total. The first kappa shape index (κ1) is 17.9. The molecule has 0 amide bonds. The van der Waals surface area contributed by atoms with Gasteiger partial charge < -0.3 is 5.32 Å². The van der Waals surface area contributed by atoms with Crippen molar-refractivity contribution in [2.24, 2.45) is 0 Å². The largest absolute Gasteiger partial charge is 0.323 e. The van der Waals surface area contributed by atoms with Gasteiger partial charge in [0.15, 0.2) is 0 Å². The summed E-state index contributed by atoms with van der Waals surface area (Å²) in [4.78, 5) is 4.79. The van der Waals surface area contributed by atoms with E-state index in [0.717, 1.165) is 28.2 Å². The number of aromatic nitrogens is 3. The molecule has 1 aromatic heterocycles. The quantitative estimate of drug-likeness (QED) is 0.465. The first-order valence-electron chi connectivity index (χ1n) is 9.43. The Morgan fingerprint density at radius 1 is 0.643 bits per heavy atom. The smallest absolute Gasteiger partial charge is 0.247 e. The number of nitrogens with zero attached hydrogens (tertiary/aromatic N) is 3. The van der Waals surface area contributed by atoms with Crippen molar-refractivity contribution in [1.29, 1.82) is 0 Å². The van der Waals surface area contributed by atoms with E-state index in [-0.39, 0.29) is 0 Å². The molecule has 28 heavy (non-hydrogen) atoms. The first-order valence-corrected chi connectivity index (χ1v) is 9.43. The Kier molecular flexibility index (Phi) is 5.11. The minimum atomic E-state index is 0.482. The SMILES string of the molecule is CC(C)c1ccc(Nc2nnc(-c3ccccc3)c(-c3ccccc3)n2)cc1. The zero-order valence-electron chi connectivity index (χ0n) is 16.0. The van der Waals surface area contributed by atoms with Crippen molar-refractivity contribution in [2.45, 2.75) is 19.8 Å². The predicted molar refractivity (Wildman–Crippen MR) is 115 cm³/mol. The molecule has 0 fully saturated rings. The summed E-state index contributed by atoms with van der Waals surface area (Å²) in [5.41, 5.74) is 5.82. The molecule has 0 unspecified atom stereocenters. The van der Waals surface area contributed by atoms with Crippen LogP contribution < -0.4 is 5.32 Å². The Bertz CT molecular complexity index is 1040. The van der Waals surface area contributed by atoms with Crippen LogP contribution in [-0.2, 0) is 0 Å². The van der Waals surface area contributed by atoms with Gasteiger partial charge in [0.25, 0.3) is 0 Å². The summed E-state index contributed by atoms with van der Waals surface area (Å²) >= 11 is 0. The molecule has 0 spiro atoms. The molecule has 0 aliphatic rings. The van der Waals surface area contributed by atoms with Crippen molar-refractivity contribution in [3.63, 3.8) is 0 Å². The Labute approximate surface area is 165 Å². The summed E-state index contributed by atoms with van der Waals surface area (Å²) in [7, 11) is 0. The Hall–Kier alpha value is -3.53. The second-order valence-electron chi connectivity index (χ2n) is 6.97. The Balaban J connectivity index is 1.72. The van der Waals surface area contributed by atoms with Gasteiger partial charge in [0, 0.05) is 16.8 Å². The summed E-state index contributed by atoms with van der Waals surface area (Å²) in [5, 5.41) is 12.1. The van der Waals surface area contributed by atoms with Crippen molar-refractivity contribution < 1.29 is 0 Å². The molecule has 0 radical (unpaired) electrons.